The number of fused-ring (bicyclic) bond motifs is 1. The Hall–Kier alpha value is -2.68. The minimum absolute atomic E-state index is 0.183. The van der Waals surface area contributed by atoms with Gasteiger partial charge in [-0.3, -0.25) is 4.68 Å². The Labute approximate surface area is 132 Å². The van der Waals surface area contributed by atoms with Crippen LogP contribution in [0.3, 0.4) is 0 Å². The third kappa shape index (κ3) is 2.95. The molecule has 1 unspecified atom stereocenters. The van der Waals surface area contributed by atoms with E-state index in [0.717, 1.165) is 29.5 Å². The molecule has 3 aromatic heterocycles. The molecule has 1 aliphatic carbocycles. The first-order chi connectivity index (χ1) is 11.2. The Morgan fingerprint density at radius 3 is 3.04 bits per heavy atom. The maximum absolute atomic E-state index is 5.80. The van der Waals surface area contributed by atoms with Crippen molar-refractivity contribution in [3.05, 3.63) is 18.7 Å². The number of imidazole rings is 1. The highest BCUT2D eigenvalue weighted by molar-refractivity contribution is 5.84. The van der Waals surface area contributed by atoms with Crippen LogP contribution in [-0.4, -0.2) is 36.3 Å². The fourth-order valence-electron chi connectivity index (χ4n) is 2.33. The second-order valence-electron chi connectivity index (χ2n) is 5.89. The van der Waals surface area contributed by atoms with Crippen molar-refractivity contribution in [2.45, 2.75) is 25.9 Å². The number of nitrogens with one attached hydrogen (secondary N) is 3. The van der Waals surface area contributed by atoms with Crippen LogP contribution >= 0.6 is 0 Å². The Kier molecular flexibility index (Phi) is 3.34. The van der Waals surface area contributed by atoms with Gasteiger partial charge in [-0.15, -0.1) is 0 Å². The Balaban J connectivity index is 1.60. The lowest BCUT2D eigenvalue weighted by Gasteiger charge is -2.08. The molecule has 0 aliphatic heterocycles. The van der Waals surface area contributed by atoms with E-state index in [1.165, 1.54) is 12.8 Å². The Bertz CT molecular complexity index is 815. The average Bonchev–Trinajstić information content (AvgIpc) is 3.03. The van der Waals surface area contributed by atoms with E-state index in [1.54, 1.807) is 17.2 Å². The van der Waals surface area contributed by atoms with E-state index in [4.69, 9.17) is 5.73 Å². The quantitative estimate of drug-likeness (QED) is 0.545. The average molecular weight is 313 g/mol. The lowest BCUT2D eigenvalue weighted by Crippen LogP contribution is -2.14. The van der Waals surface area contributed by atoms with Gasteiger partial charge in [0.05, 0.1) is 30.6 Å². The van der Waals surface area contributed by atoms with Crippen molar-refractivity contribution in [1.29, 1.82) is 0 Å². The summed E-state index contributed by atoms with van der Waals surface area (Å²) in [6, 6.07) is 0. The van der Waals surface area contributed by atoms with E-state index in [0.29, 0.717) is 11.6 Å². The largest absolute Gasteiger partial charge is 0.368 e. The highest BCUT2D eigenvalue weighted by Crippen LogP contribution is 2.29. The molecule has 5 N–H and O–H groups in total. The lowest BCUT2D eigenvalue weighted by molar-refractivity contribution is 0.509. The number of nitrogens with two attached hydrogens (primary N) is 1. The van der Waals surface area contributed by atoms with Crippen molar-refractivity contribution in [3.8, 4) is 0 Å². The van der Waals surface area contributed by atoms with E-state index >= 15 is 0 Å². The predicted molar refractivity (Wildman–Crippen MR) is 87.3 cm³/mol. The van der Waals surface area contributed by atoms with E-state index in [-0.39, 0.29) is 6.17 Å². The fraction of sp³-hybridized carbons (Fsp3) is 0.429. The molecule has 0 amide bonds. The van der Waals surface area contributed by atoms with Crippen LogP contribution in [0.15, 0.2) is 18.7 Å². The number of aromatic nitrogens is 6. The summed E-state index contributed by atoms with van der Waals surface area (Å²) in [6.07, 6.45) is 7.52. The maximum Gasteiger partial charge on any atom is 0.231 e. The summed E-state index contributed by atoms with van der Waals surface area (Å²) in [4.78, 5) is 16.3. The van der Waals surface area contributed by atoms with Gasteiger partial charge in [-0.05, 0) is 25.7 Å². The molecule has 0 saturated heterocycles. The number of aromatic amines is 1. The second kappa shape index (κ2) is 5.51. The van der Waals surface area contributed by atoms with E-state index < -0.39 is 0 Å². The molecule has 9 heteroatoms. The van der Waals surface area contributed by atoms with Crippen LogP contribution in [0, 0.1) is 5.92 Å². The summed E-state index contributed by atoms with van der Waals surface area (Å²) >= 11 is 0. The molecule has 3 aromatic rings. The summed E-state index contributed by atoms with van der Waals surface area (Å²) < 4.78 is 1.67. The zero-order valence-electron chi connectivity index (χ0n) is 12.8. The van der Waals surface area contributed by atoms with Crippen molar-refractivity contribution in [2.24, 2.45) is 11.7 Å². The number of H-pyrrole nitrogens is 1. The number of nitrogens with zero attached hydrogens (tertiary/aromatic N) is 5. The zero-order valence-corrected chi connectivity index (χ0v) is 12.8. The molecule has 1 fully saturated rings. The first-order valence-electron chi connectivity index (χ1n) is 7.71. The molecular weight excluding hydrogens is 294 g/mol. The van der Waals surface area contributed by atoms with Gasteiger partial charge in [0.15, 0.2) is 11.5 Å². The van der Waals surface area contributed by atoms with Crippen LogP contribution in [0.25, 0.3) is 11.2 Å². The molecular formula is C14H19N9. The van der Waals surface area contributed by atoms with Crippen molar-refractivity contribution in [1.82, 2.24) is 29.7 Å². The maximum atomic E-state index is 5.80. The van der Waals surface area contributed by atoms with Gasteiger partial charge < -0.3 is 21.4 Å². The highest BCUT2D eigenvalue weighted by atomic mass is 15.3. The SMILES string of the molecule is CC(N)n1cc(Nc2nc(NCC3CC3)c3nc[nH]c3n2)cn1. The summed E-state index contributed by atoms with van der Waals surface area (Å²) in [7, 11) is 0. The third-order valence-electron chi connectivity index (χ3n) is 3.81. The smallest absolute Gasteiger partial charge is 0.231 e. The van der Waals surface area contributed by atoms with Gasteiger partial charge in [-0.2, -0.15) is 15.1 Å². The molecule has 0 spiro atoms. The molecule has 9 nitrogen and oxygen atoms in total. The minimum atomic E-state index is -0.183. The van der Waals surface area contributed by atoms with Crippen LogP contribution in [0.2, 0.25) is 0 Å². The molecule has 1 aliphatic rings. The standard InChI is InChI=1S/C14H19N9/c1-8(15)23-6-10(5-19-23)20-14-21-12(16-4-9-2-3-9)11-13(22-14)18-7-17-11/h5-9H,2-4,15H2,1H3,(H3,16,17,18,20,21,22). The van der Waals surface area contributed by atoms with Crippen LogP contribution < -0.4 is 16.4 Å². The topological polar surface area (TPSA) is 122 Å². The first-order valence-corrected chi connectivity index (χ1v) is 7.71. The Morgan fingerprint density at radius 1 is 1.43 bits per heavy atom. The van der Waals surface area contributed by atoms with E-state index in [9.17, 15) is 0 Å². The van der Waals surface area contributed by atoms with Crippen LogP contribution in [0.5, 0.6) is 0 Å². The molecule has 1 saturated carbocycles. The first kappa shape index (κ1) is 13.9. The molecule has 1 atom stereocenters. The zero-order chi connectivity index (χ0) is 15.8. The summed E-state index contributed by atoms with van der Waals surface area (Å²) in [6.45, 7) is 2.78. The highest BCUT2D eigenvalue weighted by Gasteiger charge is 2.21. The van der Waals surface area contributed by atoms with Crippen molar-refractivity contribution >= 4 is 28.6 Å². The van der Waals surface area contributed by atoms with Gasteiger partial charge in [0.1, 0.15) is 5.52 Å². The fourth-order valence-corrected chi connectivity index (χ4v) is 2.33. The predicted octanol–water partition coefficient (Wildman–Crippen LogP) is 1.59. The van der Waals surface area contributed by atoms with Gasteiger partial charge in [-0.1, -0.05) is 0 Å². The molecule has 0 radical (unpaired) electrons. The number of hydrogen-bond acceptors (Lipinski definition) is 7. The third-order valence-corrected chi connectivity index (χ3v) is 3.81. The molecule has 23 heavy (non-hydrogen) atoms. The van der Waals surface area contributed by atoms with Gasteiger partial charge in [-0.25, -0.2) is 4.98 Å². The lowest BCUT2D eigenvalue weighted by atomic mass is 10.4. The monoisotopic (exact) mass is 313 g/mol. The molecule has 4 rings (SSSR count). The number of hydrogen-bond donors (Lipinski definition) is 4. The summed E-state index contributed by atoms with van der Waals surface area (Å²) in [5.74, 6) is 1.98. The normalized spacial score (nSPS) is 15.7. The summed E-state index contributed by atoms with van der Waals surface area (Å²) in [5.41, 5.74) is 8.03. The second-order valence-corrected chi connectivity index (χ2v) is 5.89. The van der Waals surface area contributed by atoms with E-state index in [1.807, 2.05) is 13.1 Å². The van der Waals surface area contributed by atoms with Gasteiger partial charge in [0.25, 0.3) is 0 Å². The van der Waals surface area contributed by atoms with Crippen LogP contribution in [0.4, 0.5) is 17.5 Å². The number of anilines is 3. The van der Waals surface area contributed by atoms with Crippen molar-refractivity contribution in [2.75, 3.05) is 17.2 Å². The number of rotatable bonds is 6. The van der Waals surface area contributed by atoms with Gasteiger partial charge in [0, 0.05) is 6.54 Å². The van der Waals surface area contributed by atoms with Gasteiger partial charge >= 0.3 is 0 Å². The van der Waals surface area contributed by atoms with Crippen molar-refractivity contribution in [3.63, 3.8) is 0 Å². The molecule has 0 bridgehead atoms. The molecule has 3 heterocycles. The van der Waals surface area contributed by atoms with Crippen molar-refractivity contribution < 1.29 is 0 Å². The molecule has 120 valence electrons. The molecule has 0 aromatic carbocycles. The van der Waals surface area contributed by atoms with Crippen LogP contribution in [-0.2, 0) is 0 Å². The van der Waals surface area contributed by atoms with Crippen LogP contribution in [0.1, 0.15) is 25.9 Å². The Morgan fingerprint density at radius 2 is 2.30 bits per heavy atom. The minimum Gasteiger partial charge on any atom is -0.368 e. The van der Waals surface area contributed by atoms with E-state index in [2.05, 4.69) is 35.7 Å². The van der Waals surface area contributed by atoms with Gasteiger partial charge in [0.2, 0.25) is 5.95 Å². The summed E-state index contributed by atoms with van der Waals surface area (Å²) in [5, 5.41) is 10.7.